The molecular formula is C27H34N6O2. The van der Waals surface area contributed by atoms with Gasteiger partial charge in [0, 0.05) is 30.5 Å². The van der Waals surface area contributed by atoms with Crippen LogP contribution in [0.3, 0.4) is 0 Å². The van der Waals surface area contributed by atoms with Gasteiger partial charge >= 0.3 is 0 Å². The summed E-state index contributed by atoms with van der Waals surface area (Å²) in [7, 11) is 0. The van der Waals surface area contributed by atoms with Crippen molar-refractivity contribution in [2.75, 3.05) is 10.6 Å². The number of nitrogens with zero attached hydrogens (tertiary/aromatic N) is 1. The van der Waals surface area contributed by atoms with E-state index in [0.717, 1.165) is 35.3 Å². The number of amides is 1. The van der Waals surface area contributed by atoms with Gasteiger partial charge in [-0.2, -0.15) is 0 Å². The van der Waals surface area contributed by atoms with Crippen LogP contribution in [0.5, 0.6) is 5.75 Å². The van der Waals surface area contributed by atoms with Crippen LogP contribution in [0, 0.1) is 5.41 Å². The Hall–Kier alpha value is -3.91. The van der Waals surface area contributed by atoms with E-state index in [1.54, 1.807) is 42.6 Å². The van der Waals surface area contributed by atoms with E-state index in [1.165, 1.54) is 0 Å². The molecule has 3 rings (SSSR count). The molecule has 0 unspecified atom stereocenters. The van der Waals surface area contributed by atoms with Crippen molar-refractivity contribution < 1.29 is 9.53 Å². The largest absolute Gasteiger partial charge is 0.491 e. The molecule has 0 aliphatic carbocycles. The Kier molecular flexibility index (Phi) is 8.80. The number of anilines is 2. The van der Waals surface area contributed by atoms with Crippen molar-refractivity contribution in [1.82, 2.24) is 4.98 Å². The van der Waals surface area contributed by atoms with Gasteiger partial charge in [-0.3, -0.25) is 10.2 Å². The molecule has 8 heteroatoms. The maximum atomic E-state index is 13.0. The van der Waals surface area contributed by atoms with Gasteiger partial charge in [0.15, 0.2) is 0 Å². The molecule has 1 amide bonds. The van der Waals surface area contributed by atoms with E-state index >= 15 is 0 Å². The van der Waals surface area contributed by atoms with Gasteiger partial charge in [0.2, 0.25) is 0 Å². The van der Waals surface area contributed by atoms with Gasteiger partial charge in [0.05, 0.1) is 11.7 Å². The van der Waals surface area contributed by atoms with Crippen LogP contribution in [0.1, 0.15) is 59.8 Å². The lowest BCUT2D eigenvalue weighted by atomic mass is 9.98. The van der Waals surface area contributed by atoms with Crippen LogP contribution < -0.4 is 26.8 Å². The number of carbonyl (C=O) groups is 1. The Morgan fingerprint density at radius 2 is 1.91 bits per heavy atom. The second-order valence-corrected chi connectivity index (χ2v) is 8.55. The number of ether oxygens (including phenoxy) is 1. The molecule has 0 atom stereocenters. The molecule has 0 saturated heterocycles. The highest BCUT2D eigenvalue weighted by Gasteiger charge is 2.16. The molecule has 0 saturated carbocycles. The monoisotopic (exact) mass is 474 g/mol. The maximum Gasteiger partial charge on any atom is 0.259 e. The van der Waals surface area contributed by atoms with Crippen molar-refractivity contribution in [2.24, 2.45) is 11.5 Å². The summed E-state index contributed by atoms with van der Waals surface area (Å²) in [4.78, 5) is 17.4. The Labute approximate surface area is 206 Å². The standard InChI is InChI=1S/C27H34N6O2/c1-4-6-22-20(13-18(15-28)14-24(22)35-17(2)3)16-32-26-23(7-5-12-31-26)27(34)33-21-10-8-19(9-11-21)25(29)30/h5,7-14,17H,4,6,15-16,28H2,1-3H3,(H3,29,30)(H,31,32)(H,33,34). The number of pyridine rings is 1. The molecule has 7 N–H and O–H groups in total. The SMILES string of the molecule is CCCc1c(CNc2ncccc2C(=O)Nc2ccc(C(=N)N)cc2)cc(CN)cc1OC(C)C. The first-order valence-corrected chi connectivity index (χ1v) is 11.8. The number of benzene rings is 2. The molecule has 1 heterocycles. The molecule has 8 nitrogen and oxygen atoms in total. The van der Waals surface area contributed by atoms with E-state index in [-0.39, 0.29) is 17.8 Å². The number of rotatable bonds is 11. The van der Waals surface area contributed by atoms with Crippen molar-refractivity contribution >= 4 is 23.2 Å². The van der Waals surface area contributed by atoms with Crippen molar-refractivity contribution in [1.29, 1.82) is 5.41 Å². The van der Waals surface area contributed by atoms with Crippen LogP contribution >= 0.6 is 0 Å². The first-order chi connectivity index (χ1) is 16.8. The molecule has 0 aliphatic heterocycles. The van der Waals surface area contributed by atoms with E-state index in [4.69, 9.17) is 21.6 Å². The summed E-state index contributed by atoms with van der Waals surface area (Å²) in [5.41, 5.74) is 16.3. The fourth-order valence-electron chi connectivity index (χ4n) is 3.77. The Morgan fingerprint density at radius 3 is 2.54 bits per heavy atom. The smallest absolute Gasteiger partial charge is 0.259 e. The molecule has 0 aliphatic rings. The fraction of sp³-hybridized carbons (Fsp3) is 0.296. The van der Waals surface area contributed by atoms with Crippen molar-refractivity contribution in [3.8, 4) is 5.75 Å². The third-order valence-electron chi connectivity index (χ3n) is 5.41. The summed E-state index contributed by atoms with van der Waals surface area (Å²) in [6, 6.07) is 14.4. The zero-order valence-corrected chi connectivity index (χ0v) is 20.5. The lowest BCUT2D eigenvalue weighted by Gasteiger charge is -2.20. The molecule has 0 bridgehead atoms. The average molecular weight is 475 g/mol. The third kappa shape index (κ3) is 6.80. The van der Waals surface area contributed by atoms with Gasteiger partial charge < -0.3 is 26.8 Å². The number of amidine groups is 1. The first kappa shape index (κ1) is 25.7. The lowest BCUT2D eigenvalue weighted by molar-refractivity contribution is 0.102. The molecule has 1 aromatic heterocycles. The minimum atomic E-state index is -0.288. The number of nitrogen functional groups attached to an aromatic ring is 1. The Morgan fingerprint density at radius 1 is 1.17 bits per heavy atom. The van der Waals surface area contributed by atoms with Gasteiger partial charge in [-0.15, -0.1) is 0 Å². The predicted octanol–water partition coefficient (Wildman–Crippen LogP) is 4.43. The number of aromatic nitrogens is 1. The highest BCUT2D eigenvalue weighted by molar-refractivity contribution is 6.07. The quantitative estimate of drug-likeness (QED) is 0.206. The van der Waals surface area contributed by atoms with Crippen molar-refractivity contribution in [3.63, 3.8) is 0 Å². The highest BCUT2D eigenvalue weighted by Crippen LogP contribution is 2.28. The number of hydrogen-bond donors (Lipinski definition) is 5. The summed E-state index contributed by atoms with van der Waals surface area (Å²) in [5, 5.41) is 13.7. The minimum Gasteiger partial charge on any atom is -0.491 e. The molecular weight excluding hydrogens is 440 g/mol. The number of hydrogen-bond acceptors (Lipinski definition) is 6. The summed E-state index contributed by atoms with van der Waals surface area (Å²) in [6.45, 7) is 7.04. The molecule has 35 heavy (non-hydrogen) atoms. The van der Waals surface area contributed by atoms with Crippen molar-refractivity contribution in [3.05, 3.63) is 82.5 Å². The molecule has 2 aromatic carbocycles. The predicted molar refractivity (Wildman–Crippen MR) is 141 cm³/mol. The van der Waals surface area contributed by atoms with Gasteiger partial charge in [-0.1, -0.05) is 19.4 Å². The van der Waals surface area contributed by atoms with Crippen LogP contribution in [0.2, 0.25) is 0 Å². The molecule has 184 valence electrons. The summed E-state index contributed by atoms with van der Waals surface area (Å²) in [6.07, 6.45) is 3.55. The Balaban J connectivity index is 1.83. The second-order valence-electron chi connectivity index (χ2n) is 8.55. The Bertz CT molecular complexity index is 1170. The highest BCUT2D eigenvalue weighted by atomic mass is 16.5. The van der Waals surface area contributed by atoms with Gasteiger partial charge in [-0.05, 0) is 79.4 Å². The third-order valence-corrected chi connectivity index (χ3v) is 5.41. The van der Waals surface area contributed by atoms with Gasteiger partial charge in [0.25, 0.3) is 5.91 Å². The fourth-order valence-corrected chi connectivity index (χ4v) is 3.77. The van der Waals surface area contributed by atoms with Gasteiger partial charge in [-0.25, -0.2) is 4.98 Å². The molecule has 3 aromatic rings. The van der Waals surface area contributed by atoms with E-state index in [1.807, 2.05) is 19.9 Å². The molecule has 0 radical (unpaired) electrons. The zero-order valence-electron chi connectivity index (χ0n) is 20.5. The first-order valence-electron chi connectivity index (χ1n) is 11.8. The topological polar surface area (TPSA) is 139 Å². The summed E-state index contributed by atoms with van der Waals surface area (Å²) < 4.78 is 6.10. The summed E-state index contributed by atoms with van der Waals surface area (Å²) in [5.74, 6) is 1.03. The van der Waals surface area contributed by atoms with E-state index < -0.39 is 0 Å². The number of carbonyl (C=O) groups excluding carboxylic acids is 1. The number of nitrogens with two attached hydrogens (primary N) is 2. The van der Waals surface area contributed by atoms with Crippen LogP contribution in [0.15, 0.2) is 54.7 Å². The van der Waals surface area contributed by atoms with E-state index in [0.29, 0.717) is 35.7 Å². The van der Waals surface area contributed by atoms with E-state index in [2.05, 4.69) is 28.6 Å². The van der Waals surface area contributed by atoms with Crippen LogP contribution in [0.25, 0.3) is 0 Å². The van der Waals surface area contributed by atoms with Crippen LogP contribution in [-0.4, -0.2) is 22.8 Å². The van der Waals surface area contributed by atoms with Gasteiger partial charge in [0.1, 0.15) is 17.4 Å². The zero-order chi connectivity index (χ0) is 25.4. The maximum absolute atomic E-state index is 13.0. The van der Waals surface area contributed by atoms with Crippen LogP contribution in [0.4, 0.5) is 11.5 Å². The number of nitrogens with one attached hydrogen (secondary N) is 3. The second kappa shape index (κ2) is 12.0. The molecule has 0 fully saturated rings. The van der Waals surface area contributed by atoms with Crippen LogP contribution in [-0.2, 0) is 19.5 Å². The normalized spacial score (nSPS) is 10.8. The average Bonchev–Trinajstić information content (AvgIpc) is 2.84. The minimum absolute atomic E-state index is 0.0234. The van der Waals surface area contributed by atoms with Crippen molar-refractivity contribution in [2.45, 2.75) is 52.8 Å². The molecule has 0 spiro atoms. The lowest BCUT2D eigenvalue weighted by Crippen LogP contribution is -2.17. The van der Waals surface area contributed by atoms with E-state index in [9.17, 15) is 4.79 Å². The summed E-state index contributed by atoms with van der Waals surface area (Å²) >= 11 is 0.